The zero-order chi connectivity index (χ0) is 21.9. The van der Waals surface area contributed by atoms with Gasteiger partial charge >= 0.3 is 5.97 Å². The van der Waals surface area contributed by atoms with Gasteiger partial charge in [-0.3, -0.25) is 14.7 Å². The van der Waals surface area contributed by atoms with Crippen LogP contribution in [-0.2, 0) is 24.1 Å². The summed E-state index contributed by atoms with van der Waals surface area (Å²) in [7, 11) is 0. The quantitative estimate of drug-likeness (QED) is 0.716. The van der Waals surface area contributed by atoms with E-state index in [9.17, 15) is 9.90 Å². The minimum absolute atomic E-state index is 0.512. The van der Waals surface area contributed by atoms with Crippen LogP contribution in [0, 0.1) is 11.8 Å². The third kappa shape index (κ3) is 4.89. The number of aryl methyl sites for hydroxylation is 2. The van der Waals surface area contributed by atoms with Gasteiger partial charge in [-0.25, -0.2) is 0 Å². The van der Waals surface area contributed by atoms with Crippen molar-refractivity contribution in [1.29, 1.82) is 0 Å². The molecule has 170 valence electrons. The Morgan fingerprint density at radius 3 is 2.50 bits per heavy atom. The Labute approximate surface area is 191 Å². The zero-order valence-electron chi connectivity index (χ0n) is 19.0. The van der Waals surface area contributed by atoms with Crippen molar-refractivity contribution in [2.75, 3.05) is 32.7 Å². The lowest BCUT2D eigenvalue weighted by Crippen LogP contribution is -2.54. The lowest BCUT2D eigenvalue weighted by molar-refractivity contribution is -0.147. The van der Waals surface area contributed by atoms with E-state index in [1.165, 1.54) is 49.1 Å². The van der Waals surface area contributed by atoms with Crippen molar-refractivity contribution < 1.29 is 9.90 Å². The maximum Gasteiger partial charge on any atom is 0.325 e. The summed E-state index contributed by atoms with van der Waals surface area (Å²) in [5.74, 6) is 0.582. The van der Waals surface area contributed by atoms with Crippen molar-refractivity contribution in [2.45, 2.75) is 51.0 Å². The molecule has 0 unspecified atom stereocenters. The van der Waals surface area contributed by atoms with Gasteiger partial charge in [0, 0.05) is 31.0 Å². The molecule has 2 saturated heterocycles. The maximum atomic E-state index is 11.8. The number of nitrogens with zero attached hydrogens (tertiary/aromatic N) is 3. The highest BCUT2D eigenvalue weighted by Gasteiger charge is 2.38. The number of benzene rings is 1. The molecule has 1 aromatic carbocycles. The van der Waals surface area contributed by atoms with Crippen LogP contribution in [0.25, 0.3) is 0 Å². The molecule has 1 aliphatic carbocycles. The second kappa shape index (κ2) is 9.72. The van der Waals surface area contributed by atoms with Crippen molar-refractivity contribution in [3.05, 3.63) is 65.0 Å². The maximum absolute atomic E-state index is 11.8. The number of aliphatic carboxylic acids is 1. The number of rotatable bonds is 7. The van der Waals surface area contributed by atoms with Crippen LogP contribution < -0.4 is 0 Å². The summed E-state index contributed by atoms with van der Waals surface area (Å²) in [6.07, 6.45) is 8.59. The lowest BCUT2D eigenvalue weighted by Gasteiger charge is -2.45. The molecule has 3 heterocycles. The van der Waals surface area contributed by atoms with Gasteiger partial charge in [0.05, 0.1) is 0 Å². The lowest BCUT2D eigenvalue weighted by atomic mass is 9.89. The summed E-state index contributed by atoms with van der Waals surface area (Å²) in [6, 6.07) is 13.7. The minimum atomic E-state index is -0.744. The Bertz CT molecular complexity index is 918. The molecule has 0 radical (unpaired) electrons. The number of carbonyl (C=O) groups is 1. The summed E-state index contributed by atoms with van der Waals surface area (Å²) in [6.45, 7) is 5.18. The highest BCUT2D eigenvalue weighted by atomic mass is 16.4. The molecule has 2 aromatic rings. The topological polar surface area (TPSA) is 56.7 Å². The van der Waals surface area contributed by atoms with Crippen LogP contribution in [0.1, 0.15) is 54.2 Å². The molecular formula is C27H35N3O2. The second-order valence-electron chi connectivity index (χ2n) is 10.0. The average molecular weight is 434 g/mol. The number of pyridine rings is 1. The molecule has 2 fully saturated rings. The summed E-state index contributed by atoms with van der Waals surface area (Å²) < 4.78 is 0. The smallest absolute Gasteiger partial charge is 0.325 e. The summed E-state index contributed by atoms with van der Waals surface area (Å²) in [4.78, 5) is 21.5. The van der Waals surface area contributed by atoms with E-state index in [1.54, 1.807) is 0 Å². The van der Waals surface area contributed by atoms with E-state index in [0.717, 1.165) is 57.0 Å². The van der Waals surface area contributed by atoms with E-state index in [-0.39, 0.29) is 0 Å². The molecule has 1 N–H and O–H groups in total. The fourth-order valence-electron chi connectivity index (χ4n) is 5.86. The highest BCUT2D eigenvalue weighted by Crippen LogP contribution is 2.31. The standard InChI is InChI=1S/C27H35N3O2/c31-27(32)26(23-7-2-1-3-8-23)30-18-21(19-30)17-29-14-12-20(13-15-29)16-24-11-10-22-6-4-5-9-25(22)28-24/h1-3,7-8,10-11,20-21,26H,4-6,9,12-19H2,(H,31,32)/t26-/m1/s1. The molecule has 0 spiro atoms. The number of carboxylic acids is 1. The molecule has 1 atom stereocenters. The molecule has 32 heavy (non-hydrogen) atoms. The molecule has 0 saturated carbocycles. The number of fused-ring (bicyclic) bond motifs is 1. The predicted molar refractivity (Wildman–Crippen MR) is 126 cm³/mol. The minimum Gasteiger partial charge on any atom is -0.480 e. The van der Waals surface area contributed by atoms with Crippen LogP contribution >= 0.6 is 0 Å². The molecule has 2 aliphatic heterocycles. The number of aromatic nitrogens is 1. The highest BCUT2D eigenvalue weighted by molar-refractivity contribution is 5.75. The van der Waals surface area contributed by atoms with Gasteiger partial charge in [0.2, 0.25) is 0 Å². The monoisotopic (exact) mass is 433 g/mol. The fourth-order valence-corrected chi connectivity index (χ4v) is 5.86. The first kappa shape index (κ1) is 21.6. The van der Waals surface area contributed by atoms with Crippen LogP contribution in [-0.4, -0.2) is 58.6 Å². The van der Waals surface area contributed by atoms with Gasteiger partial charge in [-0.2, -0.15) is 0 Å². The van der Waals surface area contributed by atoms with E-state index >= 15 is 0 Å². The average Bonchev–Trinajstić information content (AvgIpc) is 2.79. The van der Waals surface area contributed by atoms with Crippen molar-refractivity contribution in [1.82, 2.24) is 14.8 Å². The number of hydrogen-bond donors (Lipinski definition) is 1. The van der Waals surface area contributed by atoms with E-state index in [0.29, 0.717) is 5.92 Å². The van der Waals surface area contributed by atoms with Crippen LogP contribution in [0.2, 0.25) is 0 Å². The Morgan fingerprint density at radius 1 is 1.00 bits per heavy atom. The first-order chi connectivity index (χ1) is 15.7. The van der Waals surface area contributed by atoms with Gasteiger partial charge in [-0.05, 0) is 87.1 Å². The molecule has 5 nitrogen and oxygen atoms in total. The summed E-state index contributed by atoms with van der Waals surface area (Å²) in [5.41, 5.74) is 5.01. The molecular weight excluding hydrogens is 398 g/mol. The number of piperidine rings is 1. The fraction of sp³-hybridized carbons (Fsp3) is 0.556. The van der Waals surface area contributed by atoms with E-state index in [1.807, 2.05) is 30.3 Å². The van der Waals surface area contributed by atoms with Gasteiger partial charge in [0.15, 0.2) is 0 Å². The Morgan fingerprint density at radius 2 is 1.75 bits per heavy atom. The molecule has 1 aromatic heterocycles. The number of carboxylic acid groups (broad SMARTS) is 1. The van der Waals surface area contributed by atoms with Crippen LogP contribution in [0.15, 0.2) is 42.5 Å². The Kier molecular flexibility index (Phi) is 6.56. The van der Waals surface area contributed by atoms with Crippen molar-refractivity contribution in [3.63, 3.8) is 0 Å². The Balaban J connectivity index is 1.07. The van der Waals surface area contributed by atoms with Gasteiger partial charge in [0.25, 0.3) is 0 Å². The zero-order valence-corrected chi connectivity index (χ0v) is 19.0. The van der Waals surface area contributed by atoms with Gasteiger partial charge in [-0.1, -0.05) is 36.4 Å². The SMILES string of the molecule is O=C(O)[C@@H](c1ccccc1)N1CC(CN2CCC(Cc3ccc4c(n3)CCCC4)CC2)C1. The van der Waals surface area contributed by atoms with E-state index < -0.39 is 12.0 Å². The van der Waals surface area contributed by atoms with Crippen molar-refractivity contribution in [2.24, 2.45) is 11.8 Å². The summed E-state index contributed by atoms with van der Waals surface area (Å²) >= 11 is 0. The second-order valence-corrected chi connectivity index (χ2v) is 10.0. The van der Waals surface area contributed by atoms with Crippen LogP contribution in [0.4, 0.5) is 0 Å². The van der Waals surface area contributed by atoms with Gasteiger partial charge in [0.1, 0.15) is 6.04 Å². The third-order valence-electron chi connectivity index (χ3n) is 7.66. The van der Waals surface area contributed by atoms with E-state index in [4.69, 9.17) is 4.98 Å². The molecule has 0 bridgehead atoms. The molecule has 5 heteroatoms. The molecule has 0 amide bonds. The van der Waals surface area contributed by atoms with Gasteiger partial charge < -0.3 is 10.0 Å². The first-order valence-corrected chi connectivity index (χ1v) is 12.4. The predicted octanol–water partition coefficient (Wildman–Crippen LogP) is 3.97. The van der Waals surface area contributed by atoms with Crippen LogP contribution in [0.5, 0.6) is 0 Å². The first-order valence-electron chi connectivity index (χ1n) is 12.4. The molecule has 5 rings (SSSR count). The van der Waals surface area contributed by atoms with Crippen LogP contribution in [0.3, 0.4) is 0 Å². The third-order valence-corrected chi connectivity index (χ3v) is 7.66. The number of hydrogen-bond acceptors (Lipinski definition) is 4. The largest absolute Gasteiger partial charge is 0.480 e. The molecule has 3 aliphatic rings. The normalized spacial score (nSPS) is 21.6. The van der Waals surface area contributed by atoms with Gasteiger partial charge in [-0.15, -0.1) is 0 Å². The number of likely N-dealkylation sites (tertiary alicyclic amines) is 2. The van der Waals surface area contributed by atoms with E-state index in [2.05, 4.69) is 21.9 Å². The van der Waals surface area contributed by atoms with Crippen molar-refractivity contribution >= 4 is 5.97 Å². The Hall–Kier alpha value is -2.24. The summed E-state index contributed by atoms with van der Waals surface area (Å²) in [5, 5.41) is 9.73. The van der Waals surface area contributed by atoms with Crippen molar-refractivity contribution in [3.8, 4) is 0 Å².